The van der Waals surface area contributed by atoms with Crippen LogP contribution in [-0.2, 0) is 17.9 Å². The van der Waals surface area contributed by atoms with E-state index in [0.717, 1.165) is 21.3 Å². The largest absolute Gasteiger partial charge is 0.480 e. The molecule has 6 nitrogen and oxygen atoms in total. The summed E-state index contributed by atoms with van der Waals surface area (Å²) in [5.74, 6) is -2.68. The number of benzene rings is 2. The minimum absolute atomic E-state index is 0.0373. The number of carboxylic acid groups (broad SMARTS) is 1. The maximum atomic E-state index is 14.1. The van der Waals surface area contributed by atoms with Crippen LogP contribution in [0.2, 0.25) is 0 Å². The van der Waals surface area contributed by atoms with Crippen molar-refractivity contribution in [1.29, 1.82) is 0 Å². The van der Waals surface area contributed by atoms with Gasteiger partial charge in [0, 0.05) is 10.0 Å². The van der Waals surface area contributed by atoms with Crippen LogP contribution in [-0.4, -0.2) is 20.2 Å². The van der Waals surface area contributed by atoms with Crippen molar-refractivity contribution in [3.8, 4) is 0 Å². The predicted octanol–water partition coefficient (Wildman–Crippen LogP) is 2.34. The first-order valence-electron chi connectivity index (χ1n) is 7.36. The Balaban J connectivity index is 2.28. The number of halogens is 3. The van der Waals surface area contributed by atoms with Crippen molar-refractivity contribution in [2.45, 2.75) is 13.1 Å². The maximum Gasteiger partial charge on any atom is 0.332 e. The van der Waals surface area contributed by atoms with Crippen LogP contribution in [0.5, 0.6) is 0 Å². The Labute approximate surface area is 153 Å². The molecule has 1 aromatic heterocycles. The fourth-order valence-corrected chi connectivity index (χ4v) is 2.97. The van der Waals surface area contributed by atoms with Gasteiger partial charge in [-0.1, -0.05) is 22.0 Å². The molecule has 0 saturated carbocycles. The van der Waals surface area contributed by atoms with E-state index in [2.05, 4.69) is 15.9 Å². The standard InChI is InChI=1S/C17H11BrF2N2O4/c18-10-2-1-9(13(20)5-10)7-22-16(25)12-4-3-11(19)6-14(12)21(17(22)26)8-15(23)24/h1-6H,7-8H2,(H,23,24). The molecule has 9 heteroatoms. The van der Waals surface area contributed by atoms with Crippen molar-refractivity contribution in [1.82, 2.24) is 9.13 Å². The fourth-order valence-electron chi connectivity index (χ4n) is 2.64. The third-order valence-electron chi connectivity index (χ3n) is 3.82. The molecule has 0 radical (unpaired) electrons. The summed E-state index contributed by atoms with van der Waals surface area (Å²) in [6, 6.07) is 7.26. The highest BCUT2D eigenvalue weighted by Gasteiger charge is 2.17. The fraction of sp³-hybridized carbons (Fsp3) is 0.118. The minimum atomic E-state index is -1.34. The monoisotopic (exact) mass is 424 g/mol. The summed E-state index contributed by atoms with van der Waals surface area (Å²) < 4.78 is 29.6. The molecule has 0 aliphatic carbocycles. The Morgan fingerprint density at radius 3 is 2.46 bits per heavy atom. The highest BCUT2D eigenvalue weighted by atomic mass is 79.9. The van der Waals surface area contributed by atoms with Crippen LogP contribution in [0.4, 0.5) is 8.78 Å². The average molecular weight is 425 g/mol. The molecule has 0 bridgehead atoms. The molecule has 0 fully saturated rings. The molecule has 3 rings (SSSR count). The lowest BCUT2D eigenvalue weighted by Crippen LogP contribution is -2.41. The van der Waals surface area contributed by atoms with Gasteiger partial charge in [0.1, 0.15) is 18.2 Å². The molecule has 26 heavy (non-hydrogen) atoms. The number of fused-ring (bicyclic) bond motifs is 1. The summed E-state index contributed by atoms with van der Waals surface area (Å²) in [5.41, 5.74) is -1.77. The Hall–Kier alpha value is -2.81. The Kier molecular flexibility index (Phi) is 4.73. The van der Waals surface area contributed by atoms with Gasteiger partial charge in [-0.05, 0) is 30.3 Å². The summed E-state index contributed by atoms with van der Waals surface area (Å²) >= 11 is 3.11. The average Bonchev–Trinajstić information content (AvgIpc) is 2.57. The third-order valence-corrected chi connectivity index (χ3v) is 4.32. The second-order valence-corrected chi connectivity index (χ2v) is 6.47. The first-order chi connectivity index (χ1) is 12.3. The second kappa shape index (κ2) is 6.83. The molecule has 0 unspecified atom stereocenters. The zero-order valence-corrected chi connectivity index (χ0v) is 14.7. The van der Waals surface area contributed by atoms with E-state index in [0.29, 0.717) is 4.47 Å². The van der Waals surface area contributed by atoms with Crippen molar-refractivity contribution in [2.75, 3.05) is 0 Å². The van der Waals surface area contributed by atoms with Crippen LogP contribution in [0.3, 0.4) is 0 Å². The van der Waals surface area contributed by atoms with Gasteiger partial charge in [-0.3, -0.25) is 18.7 Å². The van der Waals surface area contributed by atoms with Crippen molar-refractivity contribution >= 4 is 32.8 Å². The number of hydrogen-bond acceptors (Lipinski definition) is 3. The molecule has 1 N–H and O–H groups in total. The van der Waals surface area contributed by atoms with E-state index in [9.17, 15) is 23.2 Å². The highest BCUT2D eigenvalue weighted by Crippen LogP contribution is 2.16. The van der Waals surface area contributed by atoms with E-state index in [1.165, 1.54) is 18.2 Å². The van der Waals surface area contributed by atoms with Crippen molar-refractivity contribution in [3.63, 3.8) is 0 Å². The van der Waals surface area contributed by atoms with Gasteiger partial charge in [0.2, 0.25) is 0 Å². The van der Waals surface area contributed by atoms with E-state index in [4.69, 9.17) is 5.11 Å². The highest BCUT2D eigenvalue weighted by molar-refractivity contribution is 9.10. The van der Waals surface area contributed by atoms with Gasteiger partial charge in [0.05, 0.1) is 17.4 Å². The summed E-state index contributed by atoms with van der Waals surface area (Å²) in [6.45, 7) is -1.15. The Morgan fingerprint density at radius 2 is 1.81 bits per heavy atom. The number of carboxylic acids is 1. The number of rotatable bonds is 4. The lowest BCUT2D eigenvalue weighted by molar-refractivity contribution is -0.137. The smallest absolute Gasteiger partial charge is 0.332 e. The number of aromatic nitrogens is 2. The molecule has 0 spiro atoms. The van der Waals surface area contributed by atoms with Crippen LogP contribution in [0.15, 0.2) is 50.5 Å². The molecule has 134 valence electrons. The first-order valence-corrected chi connectivity index (χ1v) is 8.16. The number of nitrogens with zero attached hydrogens (tertiary/aromatic N) is 2. The molecule has 1 heterocycles. The minimum Gasteiger partial charge on any atom is -0.480 e. The molecule has 0 aliphatic heterocycles. The van der Waals surface area contributed by atoms with Gasteiger partial charge < -0.3 is 5.11 Å². The number of hydrogen-bond donors (Lipinski definition) is 1. The van der Waals surface area contributed by atoms with Gasteiger partial charge in [0.15, 0.2) is 0 Å². The SMILES string of the molecule is O=C(O)Cn1c(=O)n(Cc2ccc(Br)cc2F)c(=O)c2ccc(F)cc21. The topological polar surface area (TPSA) is 81.3 Å². The zero-order valence-electron chi connectivity index (χ0n) is 13.1. The van der Waals surface area contributed by atoms with E-state index in [1.807, 2.05) is 0 Å². The molecule has 3 aromatic rings. The van der Waals surface area contributed by atoms with Gasteiger partial charge in [0.25, 0.3) is 5.56 Å². The van der Waals surface area contributed by atoms with Crippen LogP contribution < -0.4 is 11.2 Å². The lowest BCUT2D eigenvalue weighted by Gasteiger charge is -2.13. The van der Waals surface area contributed by atoms with Gasteiger partial charge >= 0.3 is 11.7 Å². The van der Waals surface area contributed by atoms with E-state index < -0.39 is 35.4 Å². The second-order valence-electron chi connectivity index (χ2n) is 5.55. The summed E-state index contributed by atoms with van der Waals surface area (Å²) in [5, 5.41) is 9.00. The molecule has 0 aliphatic rings. The van der Waals surface area contributed by atoms with E-state index in [-0.39, 0.29) is 23.0 Å². The van der Waals surface area contributed by atoms with Crippen LogP contribution in [0.1, 0.15) is 5.56 Å². The maximum absolute atomic E-state index is 14.1. The number of carbonyl (C=O) groups is 1. The summed E-state index contributed by atoms with van der Waals surface area (Å²) in [4.78, 5) is 36.4. The van der Waals surface area contributed by atoms with E-state index >= 15 is 0 Å². The Bertz CT molecular complexity index is 1150. The molecule has 0 saturated heterocycles. The third kappa shape index (κ3) is 3.30. The van der Waals surface area contributed by atoms with Crippen molar-refractivity contribution < 1.29 is 18.7 Å². The van der Waals surface area contributed by atoms with Gasteiger partial charge in [-0.25, -0.2) is 13.6 Å². The van der Waals surface area contributed by atoms with Crippen LogP contribution in [0.25, 0.3) is 10.9 Å². The molecular weight excluding hydrogens is 414 g/mol. The Morgan fingerprint density at radius 1 is 1.08 bits per heavy atom. The summed E-state index contributed by atoms with van der Waals surface area (Å²) in [7, 11) is 0. The molecule has 2 aromatic carbocycles. The lowest BCUT2D eigenvalue weighted by atomic mass is 10.2. The number of aliphatic carboxylic acids is 1. The van der Waals surface area contributed by atoms with Crippen LogP contribution >= 0.6 is 15.9 Å². The van der Waals surface area contributed by atoms with Crippen LogP contribution in [0, 0.1) is 11.6 Å². The zero-order chi connectivity index (χ0) is 19.0. The molecule has 0 amide bonds. The molecular formula is C17H11BrF2N2O4. The normalized spacial score (nSPS) is 11.0. The van der Waals surface area contributed by atoms with Gasteiger partial charge in [-0.15, -0.1) is 0 Å². The van der Waals surface area contributed by atoms with Crippen molar-refractivity contribution in [3.05, 3.63) is 78.9 Å². The summed E-state index contributed by atoms with van der Waals surface area (Å²) in [6.07, 6.45) is 0. The molecule has 0 atom stereocenters. The van der Waals surface area contributed by atoms with E-state index in [1.54, 1.807) is 6.07 Å². The van der Waals surface area contributed by atoms with Gasteiger partial charge in [-0.2, -0.15) is 0 Å². The quantitative estimate of drug-likeness (QED) is 0.696. The first kappa shape index (κ1) is 18.0. The predicted molar refractivity (Wildman–Crippen MR) is 93.3 cm³/mol. The van der Waals surface area contributed by atoms with Crippen molar-refractivity contribution in [2.24, 2.45) is 0 Å².